The number of benzene rings is 1. The van der Waals surface area contributed by atoms with Crippen LogP contribution in [0, 0.1) is 23.7 Å². The summed E-state index contributed by atoms with van der Waals surface area (Å²) in [6.07, 6.45) is 15.6. The Kier molecular flexibility index (Phi) is 6.77. The molecule has 28 heavy (non-hydrogen) atoms. The highest BCUT2D eigenvalue weighted by Gasteiger charge is 2.38. The molecular formula is C26H38O2. The van der Waals surface area contributed by atoms with Crippen LogP contribution in [-0.4, -0.2) is 19.3 Å². The summed E-state index contributed by atoms with van der Waals surface area (Å²) in [4.78, 5) is 0. The molecule has 3 aliphatic carbocycles. The first kappa shape index (κ1) is 20.0. The van der Waals surface area contributed by atoms with Crippen molar-refractivity contribution in [3.05, 3.63) is 42.0 Å². The van der Waals surface area contributed by atoms with E-state index in [0.29, 0.717) is 6.10 Å². The zero-order valence-corrected chi connectivity index (χ0v) is 17.7. The smallest absolute Gasteiger partial charge is 0.119 e. The van der Waals surface area contributed by atoms with Gasteiger partial charge in [-0.25, -0.2) is 0 Å². The minimum absolute atomic E-state index is 0.487. The lowest BCUT2D eigenvalue weighted by molar-refractivity contribution is -0.0137. The Morgan fingerprint density at radius 1 is 0.964 bits per heavy atom. The molecular weight excluding hydrogens is 344 g/mol. The van der Waals surface area contributed by atoms with Gasteiger partial charge in [0, 0.05) is 0 Å². The van der Waals surface area contributed by atoms with Crippen LogP contribution in [-0.2, 0) is 17.6 Å². The van der Waals surface area contributed by atoms with Crippen LogP contribution in [0.5, 0.6) is 5.75 Å². The highest BCUT2D eigenvalue weighted by atomic mass is 16.5. The molecule has 5 atom stereocenters. The summed E-state index contributed by atoms with van der Waals surface area (Å²) in [5, 5.41) is 0. The van der Waals surface area contributed by atoms with Gasteiger partial charge < -0.3 is 9.47 Å². The van der Waals surface area contributed by atoms with Gasteiger partial charge in [0.1, 0.15) is 5.75 Å². The number of hydrogen-bond donors (Lipinski definition) is 0. The minimum atomic E-state index is 0.487. The topological polar surface area (TPSA) is 18.5 Å². The molecule has 0 saturated heterocycles. The van der Waals surface area contributed by atoms with E-state index in [9.17, 15) is 0 Å². The number of rotatable bonds is 7. The molecule has 0 amide bonds. The maximum absolute atomic E-state index is 5.97. The van der Waals surface area contributed by atoms with E-state index < -0.39 is 0 Å². The molecule has 4 rings (SSSR count). The molecule has 2 saturated carbocycles. The molecule has 1 aromatic carbocycles. The van der Waals surface area contributed by atoms with Crippen molar-refractivity contribution < 1.29 is 9.47 Å². The number of ether oxygens (including phenoxy) is 2. The summed E-state index contributed by atoms with van der Waals surface area (Å²) in [6.45, 7) is 7.50. The Labute approximate surface area is 171 Å². The fourth-order valence-corrected chi connectivity index (χ4v) is 6.14. The maximum Gasteiger partial charge on any atom is 0.119 e. The van der Waals surface area contributed by atoms with E-state index >= 15 is 0 Å². The van der Waals surface area contributed by atoms with Crippen molar-refractivity contribution in [2.45, 2.75) is 77.2 Å². The summed E-state index contributed by atoms with van der Waals surface area (Å²) in [5.41, 5.74) is 3.13. The molecule has 0 aliphatic heterocycles. The van der Waals surface area contributed by atoms with Crippen molar-refractivity contribution in [1.82, 2.24) is 0 Å². The first-order valence-corrected chi connectivity index (χ1v) is 11.7. The first-order valence-electron chi connectivity index (χ1n) is 11.7. The molecule has 0 radical (unpaired) electrons. The molecule has 3 unspecified atom stereocenters. The largest absolute Gasteiger partial charge is 0.494 e. The molecule has 0 N–H and O–H groups in total. The van der Waals surface area contributed by atoms with Crippen molar-refractivity contribution in [1.29, 1.82) is 0 Å². The fourth-order valence-electron chi connectivity index (χ4n) is 6.14. The number of hydrogen-bond acceptors (Lipinski definition) is 2. The van der Waals surface area contributed by atoms with Crippen LogP contribution in [0.15, 0.2) is 30.9 Å². The first-order chi connectivity index (χ1) is 13.8. The Hall–Kier alpha value is -1.28. The highest BCUT2D eigenvalue weighted by Crippen LogP contribution is 2.47. The average molecular weight is 383 g/mol. The monoisotopic (exact) mass is 382 g/mol. The van der Waals surface area contributed by atoms with Crippen LogP contribution in [0.3, 0.4) is 0 Å². The molecule has 2 fully saturated rings. The Morgan fingerprint density at radius 2 is 1.75 bits per heavy atom. The zero-order chi connectivity index (χ0) is 19.3. The van der Waals surface area contributed by atoms with Gasteiger partial charge in [0.05, 0.1) is 19.3 Å². The summed E-state index contributed by atoms with van der Waals surface area (Å²) < 4.78 is 11.8. The van der Waals surface area contributed by atoms with Crippen LogP contribution in [0.2, 0.25) is 0 Å². The number of aryl methyl sites for hydroxylation is 1. The second-order valence-electron chi connectivity index (χ2n) is 9.43. The van der Waals surface area contributed by atoms with E-state index in [0.717, 1.165) is 49.1 Å². The minimum Gasteiger partial charge on any atom is -0.494 e. The van der Waals surface area contributed by atoms with Crippen LogP contribution in [0.4, 0.5) is 0 Å². The van der Waals surface area contributed by atoms with Crippen molar-refractivity contribution in [2.24, 2.45) is 23.7 Å². The maximum atomic E-state index is 5.97. The third-order valence-corrected chi connectivity index (χ3v) is 7.64. The standard InChI is InChI=1S/C26H38O2/c1-3-13-27-25-11-9-21-15-19(5-7-23(21)17-25)20-6-8-24-18-26(28-14-4-2)12-10-22(24)16-20/h3,10,12,18-21,23,25H,1,4-9,11,13-17H2,2H3/t19?,20?,21-,23?,25-/m1/s1. The van der Waals surface area contributed by atoms with Crippen molar-refractivity contribution in [3.63, 3.8) is 0 Å². The van der Waals surface area contributed by atoms with Gasteiger partial charge in [-0.2, -0.15) is 0 Å². The highest BCUT2D eigenvalue weighted by molar-refractivity contribution is 5.37. The molecule has 154 valence electrons. The van der Waals surface area contributed by atoms with Gasteiger partial charge in [-0.15, -0.1) is 6.58 Å². The van der Waals surface area contributed by atoms with Gasteiger partial charge >= 0.3 is 0 Å². The van der Waals surface area contributed by atoms with Crippen LogP contribution >= 0.6 is 0 Å². The van der Waals surface area contributed by atoms with E-state index in [1.54, 1.807) is 11.1 Å². The van der Waals surface area contributed by atoms with Gasteiger partial charge in [0.25, 0.3) is 0 Å². The van der Waals surface area contributed by atoms with E-state index in [2.05, 4.69) is 31.7 Å². The van der Waals surface area contributed by atoms with Gasteiger partial charge in [-0.1, -0.05) is 19.1 Å². The average Bonchev–Trinajstić information content (AvgIpc) is 2.75. The summed E-state index contributed by atoms with van der Waals surface area (Å²) in [6, 6.07) is 6.85. The van der Waals surface area contributed by atoms with E-state index in [1.807, 2.05) is 6.08 Å². The molecule has 1 aromatic rings. The predicted octanol–water partition coefficient (Wildman–Crippen LogP) is 6.37. The third kappa shape index (κ3) is 4.64. The van der Waals surface area contributed by atoms with Gasteiger partial charge in [0.15, 0.2) is 0 Å². The second-order valence-corrected chi connectivity index (χ2v) is 9.43. The van der Waals surface area contributed by atoms with Gasteiger partial charge in [-0.05, 0) is 111 Å². The Balaban J connectivity index is 1.31. The van der Waals surface area contributed by atoms with Crippen LogP contribution in [0.1, 0.15) is 69.4 Å². The normalized spacial score (nSPS) is 32.2. The molecule has 0 heterocycles. The van der Waals surface area contributed by atoms with E-state index in [-0.39, 0.29) is 0 Å². The molecule has 0 spiro atoms. The SMILES string of the molecule is C=CCO[C@@H]1CC[C@@H]2CC(C3CCc4cc(OCCC)ccc4C3)CCC2C1. The van der Waals surface area contributed by atoms with Gasteiger partial charge in [0.2, 0.25) is 0 Å². The fraction of sp³-hybridized carbons (Fsp3) is 0.692. The quantitative estimate of drug-likeness (QED) is 0.510. The van der Waals surface area contributed by atoms with Gasteiger partial charge in [-0.3, -0.25) is 0 Å². The van der Waals surface area contributed by atoms with Crippen molar-refractivity contribution in [3.8, 4) is 5.75 Å². The summed E-state index contributed by atoms with van der Waals surface area (Å²) in [7, 11) is 0. The lowest BCUT2D eigenvalue weighted by atomic mass is 9.62. The van der Waals surface area contributed by atoms with Crippen molar-refractivity contribution >= 4 is 0 Å². The van der Waals surface area contributed by atoms with E-state index in [4.69, 9.17) is 9.47 Å². The van der Waals surface area contributed by atoms with E-state index in [1.165, 1.54) is 57.8 Å². The van der Waals surface area contributed by atoms with Crippen molar-refractivity contribution in [2.75, 3.05) is 13.2 Å². The molecule has 2 heteroatoms. The zero-order valence-electron chi connectivity index (χ0n) is 17.7. The second kappa shape index (κ2) is 9.48. The summed E-state index contributed by atoms with van der Waals surface area (Å²) in [5.74, 6) is 4.76. The Bertz CT molecular complexity index is 652. The molecule has 0 aromatic heterocycles. The predicted molar refractivity (Wildman–Crippen MR) is 116 cm³/mol. The third-order valence-electron chi connectivity index (χ3n) is 7.64. The van der Waals surface area contributed by atoms with Crippen LogP contribution in [0.25, 0.3) is 0 Å². The lowest BCUT2D eigenvalue weighted by Crippen LogP contribution is -2.37. The molecule has 0 bridgehead atoms. The lowest BCUT2D eigenvalue weighted by Gasteiger charge is -2.44. The Morgan fingerprint density at radius 3 is 2.57 bits per heavy atom. The number of fused-ring (bicyclic) bond motifs is 2. The molecule has 3 aliphatic rings. The summed E-state index contributed by atoms with van der Waals surface area (Å²) >= 11 is 0. The molecule has 2 nitrogen and oxygen atoms in total. The van der Waals surface area contributed by atoms with Crippen LogP contribution < -0.4 is 4.74 Å².